The van der Waals surface area contributed by atoms with Gasteiger partial charge in [0.15, 0.2) is 0 Å². The highest BCUT2D eigenvalue weighted by Crippen LogP contribution is 2.28. The van der Waals surface area contributed by atoms with Crippen LogP contribution in [0.1, 0.15) is 61.3 Å². The van der Waals surface area contributed by atoms with Gasteiger partial charge >= 0.3 is 5.97 Å². The van der Waals surface area contributed by atoms with Crippen molar-refractivity contribution in [3.63, 3.8) is 0 Å². The van der Waals surface area contributed by atoms with Gasteiger partial charge in [0.1, 0.15) is 5.82 Å². The first-order valence-electron chi connectivity index (χ1n) is 12.7. The number of methoxy groups -OCH3 is 2. The molecule has 0 spiro atoms. The van der Waals surface area contributed by atoms with E-state index in [1.807, 2.05) is 17.0 Å². The Balaban J connectivity index is 1.26. The van der Waals surface area contributed by atoms with E-state index < -0.39 is 0 Å². The predicted octanol–water partition coefficient (Wildman–Crippen LogP) is 3.75. The number of amides is 1. The van der Waals surface area contributed by atoms with Gasteiger partial charge in [0.2, 0.25) is 11.8 Å². The first kappa shape index (κ1) is 24.9. The topological polar surface area (TPSA) is 93.7 Å². The van der Waals surface area contributed by atoms with Gasteiger partial charge in [0.25, 0.3) is 0 Å². The zero-order valence-corrected chi connectivity index (χ0v) is 20.8. The molecule has 0 aromatic carbocycles. The monoisotopic (exact) mass is 480 g/mol. The number of nitrogens with one attached hydrogen (secondary N) is 1. The van der Waals surface area contributed by atoms with Crippen molar-refractivity contribution in [2.75, 3.05) is 39.2 Å². The highest BCUT2D eigenvalue weighted by molar-refractivity contribution is 5.80. The minimum atomic E-state index is -0.242. The molecule has 4 rings (SSSR count). The number of esters is 1. The van der Waals surface area contributed by atoms with Crippen LogP contribution in [0.5, 0.6) is 5.88 Å². The van der Waals surface area contributed by atoms with Crippen LogP contribution in [0, 0.1) is 5.92 Å². The number of pyridine rings is 2. The molecular weight excluding hydrogens is 444 g/mol. The minimum Gasteiger partial charge on any atom is -0.481 e. The Morgan fingerprint density at radius 3 is 2.91 bits per heavy atom. The molecular formula is C27H36N4O4. The second-order valence-electron chi connectivity index (χ2n) is 9.44. The molecule has 0 saturated carbocycles. The lowest BCUT2D eigenvalue weighted by molar-refractivity contribution is -0.141. The molecule has 2 atom stereocenters. The molecule has 8 nitrogen and oxygen atoms in total. The molecule has 8 heteroatoms. The first-order valence-corrected chi connectivity index (χ1v) is 12.7. The number of aryl methyl sites for hydroxylation is 2. The molecule has 4 heterocycles. The molecule has 1 saturated heterocycles. The highest BCUT2D eigenvalue weighted by Gasteiger charge is 2.31. The van der Waals surface area contributed by atoms with Crippen LogP contribution in [0.25, 0.3) is 0 Å². The fraction of sp³-hybridized carbons (Fsp3) is 0.556. The third-order valence-corrected chi connectivity index (χ3v) is 7.17. The number of rotatable bonds is 11. The van der Waals surface area contributed by atoms with Crippen LogP contribution in [-0.4, -0.2) is 60.6 Å². The van der Waals surface area contributed by atoms with Crippen LogP contribution < -0.4 is 10.1 Å². The summed E-state index contributed by atoms with van der Waals surface area (Å²) in [4.78, 5) is 36.0. The lowest BCUT2D eigenvalue weighted by Gasteiger charge is -2.20. The largest absolute Gasteiger partial charge is 0.481 e. The van der Waals surface area contributed by atoms with Crippen LogP contribution in [0.2, 0.25) is 0 Å². The van der Waals surface area contributed by atoms with E-state index in [9.17, 15) is 9.59 Å². The second kappa shape index (κ2) is 12.0. The van der Waals surface area contributed by atoms with Crippen molar-refractivity contribution in [3.05, 3.63) is 47.3 Å². The summed E-state index contributed by atoms with van der Waals surface area (Å²) >= 11 is 0. The lowest BCUT2D eigenvalue weighted by atomic mass is 9.92. The van der Waals surface area contributed by atoms with E-state index in [4.69, 9.17) is 14.5 Å². The summed E-state index contributed by atoms with van der Waals surface area (Å²) in [5.41, 5.74) is 3.33. The van der Waals surface area contributed by atoms with E-state index in [0.29, 0.717) is 18.8 Å². The fourth-order valence-corrected chi connectivity index (χ4v) is 5.08. The maximum atomic E-state index is 13.0. The van der Waals surface area contributed by atoms with Crippen molar-refractivity contribution < 1.29 is 19.1 Å². The number of carbonyl (C=O) groups excluding carboxylic acids is 2. The number of hydrogen-bond acceptors (Lipinski definition) is 7. The van der Waals surface area contributed by atoms with Gasteiger partial charge in [0.05, 0.1) is 20.6 Å². The summed E-state index contributed by atoms with van der Waals surface area (Å²) in [6.07, 6.45) is 8.46. The Bertz CT molecular complexity index is 1010. The van der Waals surface area contributed by atoms with Gasteiger partial charge in [0, 0.05) is 43.5 Å². The smallest absolute Gasteiger partial charge is 0.306 e. The van der Waals surface area contributed by atoms with Crippen molar-refractivity contribution in [2.45, 2.75) is 57.3 Å². The van der Waals surface area contributed by atoms with E-state index in [1.54, 1.807) is 13.3 Å². The summed E-state index contributed by atoms with van der Waals surface area (Å²) in [7, 11) is 2.99. The quantitative estimate of drug-likeness (QED) is 0.490. The SMILES string of the molecule is COC(=O)CC(CCCN1CCC(CCc2ccc3c(n2)NCCC3)C1=O)c1ccc(OC)nc1. The number of anilines is 1. The van der Waals surface area contributed by atoms with Crippen molar-refractivity contribution in [1.29, 1.82) is 0 Å². The molecule has 0 aliphatic carbocycles. The van der Waals surface area contributed by atoms with Gasteiger partial charge in [-0.1, -0.05) is 12.1 Å². The second-order valence-corrected chi connectivity index (χ2v) is 9.44. The molecule has 35 heavy (non-hydrogen) atoms. The minimum absolute atomic E-state index is 0.00180. The average Bonchev–Trinajstić information content (AvgIpc) is 3.25. The van der Waals surface area contributed by atoms with Crippen LogP contribution in [-0.2, 0) is 27.2 Å². The Labute approximate surface area is 207 Å². The number of ether oxygens (including phenoxy) is 2. The predicted molar refractivity (Wildman–Crippen MR) is 133 cm³/mol. The summed E-state index contributed by atoms with van der Waals surface area (Å²) in [6, 6.07) is 8.04. The van der Waals surface area contributed by atoms with Gasteiger partial charge in [-0.15, -0.1) is 0 Å². The van der Waals surface area contributed by atoms with Gasteiger partial charge < -0.3 is 19.7 Å². The molecule has 0 bridgehead atoms. The fourth-order valence-electron chi connectivity index (χ4n) is 5.08. The third-order valence-electron chi connectivity index (χ3n) is 7.17. The zero-order chi connectivity index (χ0) is 24.6. The zero-order valence-electron chi connectivity index (χ0n) is 20.8. The molecule has 1 amide bonds. The van der Waals surface area contributed by atoms with Crippen LogP contribution >= 0.6 is 0 Å². The maximum Gasteiger partial charge on any atom is 0.306 e. The molecule has 1 N–H and O–H groups in total. The summed E-state index contributed by atoms with van der Waals surface area (Å²) in [5.74, 6) is 1.63. The molecule has 2 aromatic heterocycles. The lowest BCUT2D eigenvalue weighted by Crippen LogP contribution is -2.29. The van der Waals surface area contributed by atoms with Crippen LogP contribution in [0.4, 0.5) is 5.82 Å². The van der Waals surface area contributed by atoms with E-state index >= 15 is 0 Å². The number of hydrogen-bond donors (Lipinski definition) is 1. The molecule has 2 aliphatic rings. The maximum absolute atomic E-state index is 13.0. The molecule has 2 aromatic rings. The van der Waals surface area contributed by atoms with E-state index in [1.165, 1.54) is 12.7 Å². The number of fused-ring (bicyclic) bond motifs is 1. The van der Waals surface area contributed by atoms with Gasteiger partial charge in [-0.3, -0.25) is 9.59 Å². The van der Waals surface area contributed by atoms with E-state index in [-0.39, 0.29) is 23.7 Å². The Morgan fingerprint density at radius 1 is 1.26 bits per heavy atom. The van der Waals surface area contributed by atoms with Crippen LogP contribution in [0.15, 0.2) is 30.5 Å². The van der Waals surface area contributed by atoms with Crippen molar-refractivity contribution >= 4 is 17.7 Å². The molecule has 2 aliphatic heterocycles. The Hall–Kier alpha value is -3.16. The molecule has 2 unspecified atom stereocenters. The molecule has 0 radical (unpaired) electrons. The number of likely N-dealkylation sites (tertiary alicyclic amines) is 1. The normalized spacial score (nSPS) is 18.1. The number of carbonyl (C=O) groups is 2. The van der Waals surface area contributed by atoms with Crippen molar-refractivity contribution in [1.82, 2.24) is 14.9 Å². The molecule has 188 valence electrons. The average molecular weight is 481 g/mol. The van der Waals surface area contributed by atoms with Gasteiger partial charge in [-0.25, -0.2) is 9.97 Å². The summed E-state index contributed by atoms with van der Waals surface area (Å²) < 4.78 is 10.0. The summed E-state index contributed by atoms with van der Waals surface area (Å²) in [6.45, 7) is 2.49. The Kier molecular flexibility index (Phi) is 8.55. The molecule has 1 fully saturated rings. The van der Waals surface area contributed by atoms with Crippen LogP contribution in [0.3, 0.4) is 0 Å². The van der Waals surface area contributed by atoms with Gasteiger partial charge in [-0.05, 0) is 68.1 Å². The first-order chi connectivity index (χ1) is 17.1. The number of nitrogens with zero attached hydrogens (tertiary/aromatic N) is 3. The number of aromatic nitrogens is 2. The summed E-state index contributed by atoms with van der Waals surface area (Å²) in [5, 5.41) is 3.39. The van der Waals surface area contributed by atoms with E-state index in [2.05, 4.69) is 22.4 Å². The van der Waals surface area contributed by atoms with Crippen molar-refractivity contribution in [3.8, 4) is 5.88 Å². The Morgan fingerprint density at radius 2 is 2.14 bits per heavy atom. The van der Waals surface area contributed by atoms with Crippen molar-refractivity contribution in [2.24, 2.45) is 5.92 Å². The standard InChI is InChI=1S/C27H36N4O4/c1-34-24-12-9-22(18-29-24)21(17-25(32)35-2)6-4-15-31-16-13-20(27(31)33)8-11-23-10-7-19-5-3-14-28-26(19)30-23/h7,9-10,12,18,20-21H,3-6,8,11,13-17H2,1-2H3,(H,28,30). The third kappa shape index (κ3) is 6.50. The van der Waals surface area contributed by atoms with E-state index in [0.717, 1.165) is 75.1 Å². The van der Waals surface area contributed by atoms with Gasteiger partial charge in [-0.2, -0.15) is 0 Å². The highest BCUT2D eigenvalue weighted by atomic mass is 16.5.